The largest absolute Gasteiger partial charge is 0.494 e. The molecule has 0 saturated heterocycles. The molecule has 92 valence electrons. The minimum atomic E-state index is -0.535. The molecule has 2 aromatic rings. The summed E-state index contributed by atoms with van der Waals surface area (Å²) in [6.45, 7) is 0. The van der Waals surface area contributed by atoms with E-state index in [0.29, 0.717) is 5.56 Å². The normalized spacial score (nSPS) is 10.8. The Kier molecular flexibility index (Phi) is 3.89. The third-order valence-corrected chi connectivity index (χ3v) is 3.11. The van der Waals surface area contributed by atoms with Crippen LogP contribution in [0.4, 0.5) is 4.39 Å². The molecule has 0 atom stereocenters. The highest BCUT2D eigenvalue weighted by Crippen LogP contribution is 2.18. The van der Waals surface area contributed by atoms with Crippen LogP contribution < -0.4 is 4.74 Å². The van der Waals surface area contributed by atoms with Gasteiger partial charge in [-0.3, -0.25) is 4.79 Å². The van der Waals surface area contributed by atoms with Crippen molar-refractivity contribution in [2.45, 2.75) is 0 Å². The van der Waals surface area contributed by atoms with E-state index in [1.54, 1.807) is 23.5 Å². The lowest BCUT2D eigenvalue weighted by Gasteiger charge is -2.02. The number of thiophene rings is 1. The molecule has 1 aromatic carbocycles. The summed E-state index contributed by atoms with van der Waals surface area (Å²) in [6.07, 6.45) is 3.14. The van der Waals surface area contributed by atoms with Crippen LogP contribution in [0.2, 0.25) is 0 Å². The highest BCUT2D eigenvalue weighted by molar-refractivity contribution is 7.08. The first-order chi connectivity index (χ1) is 8.70. The van der Waals surface area contributed by atoms with Gasteiger partial charge in [-0.05, 0) is 46.7 Å². The molecule has 1 heterocycles. The van der Waals surface area contributed by atoms with Crippen molar-refractivity contribution in [1.29, 1.82) is 0 Å². The summed E-state index contributed by atoms with van der Waals surface area (Å²) >= 11 is 1.56. The van der Waals surface area contributed by atoms with E-state index in [0.717, 1.165) is 5.56 Å². The number of ether oxygens (including phenoxy) is 1. The van der Waals surface area contributed by atoms with Crippen molar-refractivity contribution in [2.75, 3.05) is 7.11 Å². The second-order valence-electron chi connectivity index (χ2n) is 3.60. The monoisotopic (exact) mass is 262 g/mol. The van der Waals surface area contributed by atoms with Gasteiger partial charge < -0.3 is 4.74 Å². The molecule has 0 N–H and O–H groups in total. The number of methoxy groups -OCH3 is 1. The molecule has 0 fully saturated rings. The maximum absolute atomic E-state index is 13.4. The molecular weight excluding hydrogens is 251 g/mol. The van der Waals surface area contributed by atoms with Gasteiger partial charge in [0.15, 0.2) is 17.3 Å². The Labute approximate surface area is 108 Å². The number of benzene rings is 1. The lowest BCUT2D eigenvalue weighted by Crippen LogP contribution is -1.96. The summed E-state index contributed by atoms with van der Waals surface area (Å²) < 4.78 is 18.2. The minimum absolute atomic E-state index is 0.133. The molecule has 0 spiro atoms. The smallest absolute Gasteiger partial charge is 0.185 e. The van der Waals surface area contributed by atoms with E-state index in [-0.39, 0.29) is 11.5 Å². The quantitative estimate of drug-likeness (QED) is 0.619. The number of allylic oxidation sites excluding steroid dienone is 1. The van der Waals surface area contributed by atoms with Crippen molar-refractivity contribution in [3.05, 3.63) is 58.0 Å². The van der Waals surface area contributed by atoms with Gasteiger partial charge in [0.25, 0.3) is 0 Å². The van der Waals surface area contributed by atoms with Crippen LogP contribution >= 0.6 is 11.3 Å². The van der Waals surface area contributed by atoms with Crippen LogP contribution in [-0.2, 0) is 0 Å². The van der Waals surface area contributed by atoms with E-state index in [4.69, 9.17) is 4.74 Å². The third kappa shape index (κ3) is 2.84. The zero-order valence-corrected chi connectivity index (χ0v) is 10.5. The van der Waals surface area contributed by atoms with Crippen molar-refractivity contribution >= 4 is 23.2 Å². The minimum Gasteiger partial charge on any atom is -0.494 e. The number of hydrogen-bond acceptors (Lipinski definition) is 3. The van der Waals surface area contributed by atoms with Crippen molar-refractivity contribution < 1.29 is 13.9 Å². The van der Waals surface area contributed by atoms with Crippen LogP contribution in [0.15, 0.2) is 41.1 Å². The predicted octanol–water partition coefficient (Wildman–Crippen LogP) is 3.79. The van der Waals surface area contributed by atoms with Crippen LogP contribution in [0.3, 0.4) is 0 Å². The first-order valence-corrected chi connectivity index (χ1v) is 6.23. The standard InChI is InChI=1S/C14H11FO2S/c1-17-14-5-3-11(8-12(14)15)13(16)4-2-10-6-7-18-9-10/h2-9H,1H3/b4-2+. The molecule has 1 aromatic heterocycles. The second-order valence-corrected chi connectivity index (χ2v) is 4.38. The van der Waals surface area contributed by atoms with Crippen LogP contribution in [0, 0.1) is 5.82 Å². The summed E-state index contributed by atoms with van der Waals surface area (Å²) in [4.78, 5) is 11.8. The summed E-state index contributed by atoms with van der Waals surface area (Å²) in [5.74, 6) is -0.636. The van der Waals surface area contributed by atoms with Gasteiger partial charge in [-0.1, -0.05) is 6.08 Å². The maximum Gasteiger partial charge on any atom is 0.185 e. The fraction of sp³-hybridized carbons (Fsp3) is 0.0714. The number of carbonyl (C=O) groups is 1. The Hall–Kier alpha value is -1.94. The number of carbonyl (C=O) groups excluding carboxylic acids is 1. The topological polar surface area (TPSA) is 26.3 Å². The Morgan fingerprint density at radius 2 is 2.22 bits per heavy atom. The third-order valence-electron chi connectivity index (χ3n) is 2.41. The Bertz CT molecular complexity index is 573. The van der Waals surface area contributed by atoms with Gasteiger partial charge in [-0.2, -0.15) is 11.3 Å². The van der Waals surface area contributed by atoms with E-state index < -0.39 is 5.82 Å². The zero-order valence-electron chi connectivity index (χ0n) is 9.72. The van der Waals surface area contributed by atoms with Gasteiger partial charge in [-0.15, -0.1) is 0 Å². The number of halogens is 1. The first-order valence-electron chi connectivity index (χ1n) is 5.29. The highest BCUT2D eigenvalue weighted by atomic mass is 32.1. The average Bonchev–Trinajstić information content (AvgIpc) is 2.89. The van der Waals surface area contributed by atoms with Crippen LogP contribution in [0.25, 0.3) is 6.08 Å². The maximum atomic E-state index is 13.4. The van der Waals surface area contributed by atoms with E-state index in [1.807, 2.05) is 16.8 Å². The van der Waals surface area contributed by atoms with Gasteiger partial charge in [0.1, 0.15) is 0 Å². The van der Waals surface area contributed by atoms with Crippen LogP contribution in [0.1, 0.15) is 15.9 Å². The van der Waals surface area contributed by atoms with Crippen molar-refractivity contribution in [3.8, 4) is 5.75 Å². The lowest BCUT2D eigenvalue weighted by molar-refractivity contribution is 0.104. The van der Waals surface area contributed by atoms with Gasteiger partial charge >= 0.3 is 0 Å². The first kappa shape index (κ1) is 12.5. The summed E-state index contributed by atoms with van der Waals surface area (Å²) in [5, 5.41) is 3.86. The van der Waals surface area contributed by atoms with Crippen molar-refractivity contribution in [2.24, 2.45) is 0 Å². The molecule has 0 amide bonds. The van der Waals surface area contributed by atoms with Crippen LogP contribution in [-0.4, -0.2) is 12.9 Å². The molecule has 0 aliphatic heterocycles. The van der Waals surface area contributed by atoms with E-state index in [9.17, 15) is 9.18 Å². The zero-order chi connectivity index (χ0) is 13.0. The molecule has 0 radical (unpaired) electrons. The second kappa shape index (κ2) is 5.60. The Morgan fingerprint density at radius 3 is 2.83 bits per heavy atom. The molecule has 4 heteroatoms. The number of hydrogen-bond donors (Lipinski definition) is 0. The van der Waals surface area contributed by atoms with E-state index in [1.165, 1.54) is 25.3 Å². The van der Waals surface area contributed by atoms with Gasteiger partial charge in [0.2, 0.25) is 0 Å². The molecule has 18 heavy (non-hydrogen) atoms. The summed E-state index contributed by atoms with van der Waals surface area (Å²) in [6, 6.07) is 6.07. The van der Waals surface area contributed by atoms with Gasteiger partial charge in [0, 0.05) is 5.56 Å². The molecule has 2 rings (SSSR count). The lowest BCUT2D eigenvalue weighted by atomic mass is 10.1. The van der Waals surface area contributed by atoms with E-state index in [2.05, 4.69) is 0 Å². The van der Waals surface area contributed by atoms with Crippen molar-refractivity contribution in [3.63, 3.8) is 0 Å². The Balaban J connectivity index is 2.16. The Morgan fingerprint density at radius 1 is 1.39 bits per heavy atom. The molecule has 2 nitrogen and oxygen atoms in total. The molecule has 0 bridgehead atoms. The summed E-state index contributed by atoms with van der Waals surface area (Å²) in [5.41, 5.74) is 1.27. The van der Waals surface area contributed by atoms with Crippen molar-refractivity contribution in [1.82, 2.24) is 0 Å². The molecular formula is C14H11FO2S. The van der Waals surface area contributed by atoms with Gasteiger partial charge in [0.05, 0.1) is 7.11 Å². The molecule has 0 aliphatic carbocycles. The van der Waals surface area contributed by atoms with Gasteiger partial charge in [-0.25, -0.2) is 4.39 Å². The van der Waals surface area contributed by atoms with Crippen LogP contribution in [0.5, 0.6) is 5.75 Å². The van der Waals surface area contributed by atoms with E-state index >= 15 is 0 Å². The predicted molar refractivity (Wildman–Crippen MR) is 70.6 cm³/mol. The molecule has 0 aliphatic rings. The fourth-order valence-corrected chi connectivity index (χ4v) is 2.09. The molecule has 0 unspecified atom stereocenters. The SMILES string of the molecule is COc1ccc(C(=O)/C=C/c2ccsc2)cc1F. The summed E-state index contributed by atoms with van der Waals surface area (Å²) in [7, 11) is 1.39. The number of ketones is 1. The average molecular weight is 262 g/mol. The highest BCUT2D eigenvalue weighted by Gasteiger charge is 2.07. The fourth-order valence-electron chi connectivity index (χ4n) is 1.46. The number of rotatable bonds is 4. The molecule has 0 saturated carbocycles.